The van der Waals surface area contributed by atoms with Crippen LogP contribution in [0.2, 0.25) is 0 Å². The van der Waals surface area contributed by atoms with Gasteiger partial charge in [-0.1, -0.05) is 5.16 Å². The summed E-state index contributed by atoms with van der Waals surface area (Å²) in [6, 6.07) is 1.85. The molecule has 1 aromatic heterocycles. The van der Waals surface area contributed by atoms with Gasteiger partial charge in [-0.25, -0.2) is 4.98 Å². The predicted octanol–water partition coefficient (Wildman–Crippen LogP) is 1.67. The van der Waals surface area contributed by atoms with Gasteiger partial charge in [-0.05, 0) is 12.1 Å². The van der Waals surface area contributed by atoms with E-state index in [1.165, 1.54) is 4.90 Å². The maximum Gasteiger partial charge on any atom is 0.416 e. The minimum Gasteiger partial charge on any atom is -0.409 e. The Kier molecular flexibility index (Phi) is 4.35. The van der Waals surface area contributed by atoms with Crippen LogP contribution in [0, 0.1) is 0 Å². The van der Waals surface area contributed by atoms with Crippen LogP contribution in [0.4, 0.5) is 19.0 Å². The molecule has 1 heterocycles. The molecule has 0 aliphatic carbocycles. The van der Waals surface area contributed by atoms with Gasteiger partial charge in [-0.3, -0.25) is 0 Å². The highest BCUT2D eigenvalue weighted by molar-refractivity contribution is 5.80. The third-order valence-corrected chi connectivity index (χ3v) is 2.30. The van der Waals surface area contributed by atoms with Crippen LogP contribution in [-0.4, -0.2) is 29.6 Å². The van der Waals surface area contributed by atoms with E-state index in [1.807, 2.05) is 0 Å². The van der Waals surface area contributed by atoms with Gasteiger partial charge in [0.05, 0.1) is 5.56 Å². The van der Waals surface area contributed by atoms with E-state index < -0.39 is 11.7 Å². The normalized spacial score (nSPS) is 12.6. The number of rotatable bonds is 4. The van der Waals surface area contributed by atoms with Gasteiger partial charge >= 0.3 is 6.18 Å². The van der Waals surface area contributed by atoms with Gasteiger partial charge in [0.25, 0.3) is 0 Å². The molecule has 0 aromatic carbocycles. The smallest absolute Gasteiger partial charge is 0.409 e. The quantitative estimate of drug-likeness (QED) is 0.374. The van der Waals surface area contributed by atoms with Crippen LogP contribution < -0.4 is 10.6 Å². The Labute approximate surface area is 102 Å². The zero-order chi connectivity index (χ0) is 13.8. The summed E-state index contributed by atoms with van der Waals surface area (Å²) in [7, 11) is 1.58. The molecule has 0 saturated heterocycles. The van der Waals surface area contributed by atoms with Crippen LogP contribution in [0.25, 0.3) is 0 Å². The second kappa shape index (κ2) is 5.56. The highest BCUT2D eigenvalue weighted by Crippen LogP contribution is 2.30. The molecular formula is C10H13F3N4O. The van der Waals surface area contributed by atoms with Crippen molar-refractivity contribution in [1.29, 1.82) is 0 Å². The summed E-state index contributed by atoms with van der Waals surface area (Å²) < 4.78 is 37.4. The molecule has 100 valence electrons. The summed E-state index contributed by atoms with van der Waals surface area (Å²) in [4.78, 5) is 5.33. The Balaban J connectivity index is 2.77. The Morgan fingerprint density at radius 2 is 2.22 bits per heavy atom. The number of hydrogen-bond acceptors (Lipinski definition) is 4. The molecular weight excluding hydrogens is 249 g/mol. The summed E-state index contributed by atoms with van der Waals surface area (Å²) in [6.07, 6.45) is -3.08. The van der Waals surface area contributed by atoms with Crippen molar-refractivity contribution in [2.45, 2.75) is 12.6 Å². The first-order valence-corrected chi connectivity index (χ1v) is 5.05. The number of hydrogen-bond donors (Lipinski definition) is 2. The number of nitrogens with two attached hydrogens (primary N) is 1. The first kappa shape index (κ1) is 14.1. The summed E-state index contributed by atoms with van der Waals surface area (Å²) in [5, 5.41) is 11.1. The molecule has 0 aliphatic rings. The van der Waals surface area contributed by atoms with Gasteiger partial charge < -0.3 is 15.8 Å². The fourth-order valence-corrected chi connectivity index (χ4v) is 1.25. The molecule has 8 heteroatoms. The number of anilines is 1. The number of halogens is 3. The topological polar surface area (TPSA) is 74.7 Å². The maximum atomic E-state index is 12.5. The van der Waals surface area contributed by atoms with Crippen LogP contribution in [0.3, 0.4) is 0 Å². The molecule has 0 fully saturated rings. The number of pyridine rings is 1. The average molecular weight is 262 g/mol. The average Bonchev–Trinajstić information content (AvgIpc) is 2.34. The Hall–Kier alpha value is -1.99. The monoisotopic (exact) mass is 262 g/mol. The SMILES string of the molecule is CN(CCC(N)=NO)c1cc(C(F)(F)F)ccn1. The fraction of sp³-hybridized carbons (Fsp3) is 0.400. The molecule has 0 spiro atoms. The van der Waals surface area contributed by atoms with Gasteiger partial charge in [0.15, 0.2) is 0 Å². The maximum absolute atomic E-state index is 12.5. The van der Waals surface area contributed by atoms with E-state index in [2.05, 4.69) is 10.1 Å². The van der Waals surface area contributed by atoms with Crippen LogP contribution in [-0.2, 0) is 6.18 Å². The molecule has 1 rings (SSSR count). The van der Waals surface area contributed by atoms with Gasteiger partial charge in [-0.2, -0.15) is 13.2 Å². The largest absolute Gasteiger partial charge is 0.416 e. The van der Waals surface area contributed by atoms with Crippen LogP contribution in [0.15, 0.2) is 23.5 Å². The number of nitrogens with zero attached hydrogens (tertiary/aromatic N) is 3. The molecule has 0 unspecified atom stereocenters. The highest BCUT2D eigenvalue weighted by atomic mass is 19.4. The predicted molar refractivity (Wildman–Crippen MR) is 60.5 cm³/mol. The standard InChI is InChI=1S/C10H13F3N4O/c1-17(5-3-8(14)16-18)9-6-7(2-4-15-9)10(11,12)13/h2,4,6,18H,3,5H2,1H3,(H2,14,16). The lowest BCUT2D eigenvalue weighted by Gasteiger charge is -2.18. The molecule has 0 saturated carbocycles. The lowest BCUT2D eigenvalue weighted by Crippen LogP contribution is -2.25. The van der Waals surface area contributed by atoms with Crippen molar-refractivity contribution in [2.24, 2.45) is 10.9 Å². The van der Waals surface area contributed by atoms with E-state index in [0.717, 1.165) is 18.3 Å². The minimum absolute atomic E-state index is 0.00817. The molecule has 0 bridgehead atoms. The number of amidine groups is 1. The number of aromatic nitrogens is 1. The number of oxime groups is 1. The molecule has 3 N–H and O–H groups in total. The van der Waals surface area contributed by atoms with E-state index in [0.29, 0.717) is 6.54 Å². The van der Waals surface area contributed by atoms with Gasteiger partial charge in [0.1, 0.15) is 11.7 Å². The van der Waals surface area contributed by atoms with Crippen molar-refractivity contribution < 1.29 is 18.4 Å². The summed E-state index contributed by atoms with van der Waals surface area (Å²) >= 11 is 0. The molecule has 0 aliphatic heterocycles. The molecule has 0 radical (unpaired) electrons. The Morgan fingerprint density at radius 1 is 1.56 bits per heavy atom. The van der Waals surface area contributed by atoms with Gasteiger partial charge in [0.2, 0.25) is 0 Å². The van der Waals surface area contributed by atoms with Crippen molar-refractivity contribution in [1.82, 2.24) is 4.98 Å². The first-order valence-electron chi connectivity index (χ1n) is 5.05. The van der Waals surface area contributed by atoms with Crippen LogP contribution >= 0.6 is 0 Å². The van der Waals surface area contributed by atoms with E-state index in [4.69, 9.17) is 10.9 Å². The molecule has 1 aromatic rings. The second-order valence-corrected chi connectivity index (χ2v) is 3.66. The van der Waals surface area contributed by atoms with E-state index in [1.54, 1.807) is 7.05 Å². The van der Waals surface area contributed by atoms with Crippen LogP contribution in [0.1, 0.15) is 12.0 Å². The highest BCUT2D eigenvalue weighted by Gasteiger charge is 2.30. The lowest BCUT2D eigenvalue weighted by molar-refractivity contribution is -0.137. The fourth-order valence-electron chi connectivity index (χ4n) is 1.25. The van der Waals surface area contributed by atoms with Crippen molar-refractivity contribution >= 4 is 11.7 Å². The van der Waals surface area contributed by atoms with E-state index in [-0.39, 0.29) is 18.1 Å². The summed E-state index contributed by atoms with van der Waals surface area (Å²) in [5.41, 5.74) is 4.51. The van der Waals surface area contributed by atoms with Crippen molar-refractivity contribution in [2.75, 3.05) is 18.5 Å². The Morgan fingerprint density at radius 3 is 2.78 bits per heavy atom. The van der Waals surface area contributed by atoms with Crippen molar-refractivity contribution in [3.8, 4) is 0 Å². The van der Waals surface area contributed by atoms with Gasteiger partial charge in [-0.15, -0.1) is 0 Å². The van der Waals surface area contributed by atoms with E-state index >= 15 is 0 Å². The van der Waals surface area contributed by atoms with Crippen molar-refractivity contribution in [3.63, 3.8) is 0 Å². The molecule has 5 nitrogen and oxygen atoms in total. The molecule has 0 atom stereocenters. The van der Waals surface area contributed by atoms with E-state index in [9.17, 15) is 13.2 Å². The third kappa shape index (κ3) is 3.79. The molecule has 18 heavy (non-hydrogen) atoms. The van der Waals surface area contributed by atoms with Gasteiger partial charge in [0, 0.05) is 26.2 Å². The number of alkyl halides is 3. The third-order valence-electron chi connectivity index (χ3n) is 2.30. The second-order valence-electron chi connectivity index (χ2n) is 3.66. The molecule has 0 amide bonds. The summed E-state index contributed by atoms with van der Waals surface area (Å²) in [5.74, 6) is 0.185. The van der Waals surface area contributed by atoms with Crippen molar-refractivity contribution in [3.05, 3.63) is 23.9 Å². The zero-order valence-corrected chi connectivity index (χ0v) is 9.65. The first-order chi connectivity index (χ1) is 8.34. The zero-order valence-electron chi connectivity index (χ0n) is 9.65. The van der Waals surface area contributed by atoms with Crippen LogP contribution in [0.5, 0.6) is 0 Å². The minimum atomic E-state index is -4.40. The Bertz CT molecular complexity index is 433. The summed E-state index contributed by atoms with van der Waals surface area (Å²) in [6.45, 7) is 0.296. The lowest BCUT2D eigenvalue weighted by atomic mass is 10.2.